The highest BCUT2D eigenvalue weighted by Crippen LogP contribution is 2.20. The minimum atomic E-state index is -0.482. The monoisotopic (exact) mass is 412 g/mol. The number of benzene rings is 2. The first-order chi connectivity index (χ1) is 14.5. The average Bonchev–Trinajstić information content (AvgIpc) is 2.78. The molecule has 7 heteroatoms. The Balaban J connectivity index is 1.41. The van der Waals surface area contributed by atoms with Gasteiger partial charge in [-0.2, -0.15) is 0 Å². The van der Waals surface area contributed by atoms with Crippen molar-refractivity contribution in [2.45, 2.75) is 19.3 Å². The summed E-state index contributed by atoms with van der Waals surface area (Å²) < 4.78 is 18.2. The van der Waals surface area contributed by atoms with E-state index in [0.29, 0.717) is 37.9 Å². The lowest BCUT2D eigenvalue weighted by atomic mass is 9.97. The molecular formula is C23H25FN2O4. The highest BCUT2D eigenvalue weighted by Gasteiger charge is 2.30. The number of carbonyl (C=O) groups excluding carboxylic acids is 3. The van der Waals surface area contributed by atoms with Crippen LogP contribution < -0.4 is 5.32 Å². The molecule has 2 aromatic carbocycles. The van der Waals surface area contributed by atoms with Gasteiger partial charge in [0, 0.05) is 25.2 Å². The smallest absolute Gasteiger partial charge is 0.311 e. The molecule has 158 valence electrons. The molecule has 1 heterocycles. The number of nitrogens with zero attached hydrogens (tertiary/aromatic N) is 1. The first-order valence-electron chi connectivity index (χ1n) is 10.0. The van der Waals surface area contributed by atoms with E-state index in [1.807, 2.05) is 30.3 Å². The molecule has 1 fully saturated rings. The minimum absolute atomic E-state index is 0.227. The van der Waals surface area contributed by atoms with Crippen LogP contribution in [0.3, 0.4) is 0 Å². The van der Waals surface area contributed by atoms with Gasteiger partial charge in [0.2, 0.25) is 0 Å². The molecule has 30 heavy (non-hydrogen) atoms. The van der Waals surface area contributed by atoms with E-state index in [1.165, 1.54) is 24.3 Å². The second-order valence-corrected chi connectivity index (χ2v) is 7.29. The minimum Gasteiger partial charge on any atom is -0.455 e. The summed E-state index contributed by atoms with van der Waals surface area (Å²) in [4.78, 5) is 38.4. The number of ether oxygens (including phenoxy) is 1. The fourth-order valence-corrected chi connectivity index (χ4v) is 3.43. The number of carbonyl (C=O) groups is 3. The first-order valence-corrected chi connectivity index (χ1v) is 10.0. The summed E-state index contributed by atoms with van der Waals surface area (Å²) in [6.07, 6.45) is 1.96. The van der Waals surface area contributed by atoms with Crippen molar-refractivity contribution in [2.75, 3.05) is 26.2 Å². The molecule has 1 atom stereocenters. The normalized spacial score (nSPS) is 16.0. The quantitative estimate of drug-likeness (QED) is 0.710. The number of esters is 1. The Kier molecular flexibility index (Phi) is 7.54. The van der Waals surface area contributed by atoms with Crippen LogP contribution in [0.15, 0.2) is 54.6 Å². The van der Waals surface area contributed by atoms with Gasteiger partial charge < -0.3 is 15.0 Å². The lowest BCUT2D eigenvalue weighted by Gasteiger charge is -2.31. The Labute approximate surface area is 175 Å². The summed E-state index contributed by atoms with van der Waals surface area (Å²) in [5.41, 5.74) is 1.49. The van der Waals surface area contributed by atoms with Crippen molar-refractivity contribution in [3.8, 4) is 0 Å². The molecular weight excluding hydrogens is 387 g/mol. The van der Waals surface area contributed by atoms with E-state index in [2.05, 4.69) is 5.32 Å². The van der Waals surface area contributed by atoms with Crippen molar-refractivity contribution < 1.29 is 23.5 Å². The van der Waals surface area contributed by atoms with E-state index in [-0.39, 0.29) is 25.0 Å². The Hall–Kier alpha value is -3.22. The van der Waals surface area contributed by atoms with Crippen molar-refractivity contribution in [2.24, 2.45) is 5.92 Å². The fourth-order valence-electron chi connectivity index (χ4n) is 3.43. The van der Waals surface area contributed by atoms with Crippen LogP contribution in [0.5, 0.6) is 0 Å². The van der Waals surface area contributed by atoms with Gasteiger partial charge in [-0.05, 0) is 49.1 Å². The number of amides is 2. The molecule has 1 unspecified atom stereocenters. The molecule has 1 aliphatic heterocycles. The predicted molar refractivity (Wildman–Crippen MR) is 109 cm³/mol. The largest absolute Gasteiger partial charge is 0.455 e. The molecule has 1 saturated heterocycles. The lowest BCUT2D eigenvalue weighted by Crippen LogP contribution is -2.43. The van der Waals surface area contributed by atoms with E-state index < -0.39 is 17.7 Å². The summed E-state index contributed by atoms with van der Waals surface area (Å²) >= 11 is 0. The topological polar surface area (TPSA) is 75.7 Å². The van der Waals surface area contributed by atoms with Crippen LogP contribution in [0.25, 0.3) is 0 Å². The Morgan fingerprint density at radius 2 is 1.80 bits per heavy atom. The molecule has 1 aliphatic rings. The number of hydrogen-bond acceptors (Lipinski definition) is 4. The molecule has 2 aromatic rings. The number of hydrogen-bond donors (Lipinski definition) is 1. The van der Waals surface area contributed by atoms with Crippen LogP contribution >= 0.6 is 0 Å². The van der Waals surface area contributed by atoms with Crippen LogP contribution in [0.4, 0.5) is 4.39 Å². The third-order valence-electron chi connectivity index (χ3n) is 5.06. The fraction of sp³-hybridized carbons (Fsp3) is 0.348. The summed E-state index contributed by atoms with van der Waals surface area (Å²) in [6.45, 7) is 0.879. The SMILES string of the molecule is O=C(COC(=O)C1CCCN(C(=O)c2ccc(F)cc2)C1)NCCc1ccccc1. The second kappa shape index (κ2) is 10.5. The van der Waals surface area contributed by atoms with Crippen molar-refractivity contribution in [3.63, 3.8) is 0 Å². The van der Waals surface area contributed by atoms with Crippen molar-refractivity contribution in [1.82, 2.24) is 10.2 Å². The van der Waals surface area contributed by atoms with Crippen molar-refractivity contribution in [3.05, 3.63) is 71.5 Å². The summed E-state index contributed by atoms with van der Waals surface area (Å²) in [5, 5.41) is 2.73. The molecule has 0 radical (unpaired) electrons. The molecule has 3 rings (SSSR count). The van der Waals surface area contributed by atoms with Crippen LogP contribution in [0.1, 0.15) is 28.8 Å². The van der Waals surface area contributed by atoms with Gasteiger partial charge in [0.15, 0.2) is 6.61 Å². The maximum Gasteiger partial charge on any atom is 0.311 e. The average molecular weight is 412 g/mol. The summed E-state index contributed by atoms with van der Waals surface area (Å²) in [7, 11) is 0. The molecule has 6 nitrogen and oxygen atoms in total. The van der Waals surface area contributed by atoms with E-state index in [0.717, 1.165) is 5.56 Å². The van der Waals surface area contributed by atoms with Gasteiger partial charge >= 0.3 is 5.97 Å². The molecule has 2 amide bonds. The number of piperidine rings is 1. The number of rotatable bonds is 7. The van der Waals surface area contributed by atoms with Crippen molar-refractivity contribution in [1.29, 1.82) is 0 Å². The van der Waals surface area contributed by atoms with E-state index in [1.54, 1.807) is 4.90 Å². The predicted octanol–water partition coefficient (Wildman–Crippen LogP) is 2.58. The summed E-state index contributed by atoms with van der Waals surface area (Å²) in [6, 6.07) is 15.1. The number of nitrogens with one attached hydrogen (secondary N) is 1. The van der Waals surface area contributed by atoms with Gasteiger partial charge in [-0.1, -0.05) is 30.3 Å². The molecule has 0 bridgehead atoms. The molecule has 0 aliphatic carbocycles. The van der Waals surface area contributed by atoms with Crippen molar-refractivity contribution >= 4 is 17.8 Å². The van der Waals surface area contributed by atoms with Gasteiger partial charge in [0.1, 0.15) is 5.82 Å². The third-order valence-corrected chi connectivity index (χ3v) is 5.06. The van der Waals surface area contributed by atoms with Crippen LogP contribution in [0, 0.1) is 11.7 Å². The lowest BCUT2D eigenvalue weighted by molar-refractivity contribution is -0.153. The standard InChI is InChI=1S/C23H25FN2O4/c24-20-10-8-18(9-11-20)22(28)26-14-4-7-19(15-26)23(29)30-16-21(27)25-13-12-17-5-2-1-3-6-17/h1-3,5-6,8-11,19H,4,7,12-16H2,(H,25,27). The maximum atomic E-state index is 13.1. The van der Waals surface area contributed by atoms with Crippen LogP contribution in [-0.2, 0) is 20.7 Å². The van der Waals surface area contributed by atoms with Crippen LogP contribution in [0.2, 0.25) is 0 Å². The zero-order valence-electron chi connectivity index (χ0n) is 16.7. The van der Waals surface area contributed by atoms with E-state index in [4.69, 9.17) is 4.74 Å². The Morgan fingerprint density at radius 3 is 2.53 bits per heavy atom. The van der Waals surface area contributed by atoms with Gasteiger partial charge in [-0.3, -0.25) is 14.4 Å². The molecule has 0 aromatic heterocycles. The van der Waals surface area contributed by atoms with E-state index in [9.17, 15) is 18.8 Å². The van der Waals surface area contributed by atoms with E-state index >= 15 is 0 Å². The Bertz CT molecular complexity index is 871. The van der Waals surface area contributed by atoms with Gasteiger partial charge in [0.05, 0.1) is 5.92 Å². The first kappa shape index (κ1) is 21.5. The van der Waals surface area contributed by atoms with Gasteiger partial charge in [-0.25, -0.2) is 4.39 Å². The second-order valence-electron chi connectivity index (χ2n) is 7.29. The summed E-state index contributed by atoms with van der Waals surface area (Å²) in [5.74, 6) is -1.96. The Morgan fingerprint density at radius 1 is 1.07 bits per heavy atom. The molecule has 0 spiro atoms. The van der Waals surface area contributed by atoms with Crippen LogP contribution in [-0.4, -0.2) is 48.9 Å². The molecule has 0 saturated carbocycles. The highest BCUT2D eigenvalue weighted by molar-refractivity contribution is 5.94. The van der Waals surface area contributed by atoms with Gasteiger partial charge in [0.25, 0.3) is 11.8 Å². The number of halogens is 1. The highest BCUT2D eigenvalue weighted by atomic mass is 19.1. The third kappa shape index (κ3) is 6.14. The maximum absolute atomic E-state index is 13.1. The molecule has 1 N–H and O–H groups in total. The number of likely N-dealkylation sites (tertiary alicyclic amines) is 1. The zero-order chi connectivity index (χ0) is 21.3. The zero-order valence-corrected chi connectivity index (χ0v) is 16.7. The van der Waals surface area contributed by atoms with Gasteiger partial charge in [-0.15, -0.1) is 0 Å².